The summed E-state index contributed by atoms with van der Waals surface area (Å²) in [6.07, 6.45) is 9.25. The molecule has 0 aliphatic carbocycles. The van der Waals surface area contributed by atoms with Gasteiger partial charge in [0.05, 0.1) is 6.20 Å². The van der Waals surface area contributed by atoms with Crippen LogP contribution in [-0.2, 0) is 11.3 Å². The maximum Gasteiger partial charge on any atom is 0.225 e. The lowest BCUT2D eigenvalue weighted by molar-refractivity contribution is -0.137. The molecule has 2 fully saturated rings. The molecular weight excluding hydrogens is 288 g/mol. The number of hydrogen-bond donors (Lipinski definition) is 0. The summed E-state index contributed by atoms with van der Waals surface area (Å²) in [5.41, 5.74) is 1.53. The molecule has 3 rings (SSSR count). The van der Waals surface area contributed by atoms with Crippen LogP contribution in [0.4, 0.5) is 0 Å². The zero-order valence-corrected chi connectivity index (χ0v) is 14.4. The maximum absolute atomic E-state index is 12.3. The van der Waals surface area contributed by atoms with Crippen LogP contribution in [0.5, 0.6) is 0 Å². The van der Waals surface area contributed by atoms with Crippen molar-refractivity contribution in [3.8, 4) is 0 Å². The van der Waals surface area contributed by atoms with Gasteiger partial charge < -0.3 is 4.90 Å². The number of amides is 1. The van der Waals surface area contributed by atoms with E-state index in [0.717, 1.165) is 39.1 Å². The standard InChI is InChI=1S/C18H28N4O/c1-4-22-12-16(10-19-22)11-20-9-7-18(13-20)6-5-8-21(14-18)17(23)15(2)3/h4,10,12,15H,1,5-9,11,13-14H2,2-3H3. The van der Waals surface area contributed by atoms with Crippen molar-refractivity contribution in [1.29, 1.82) is 0 Å². The quantitative estimate of drug-likeness (QED) is 0.857. The molecule has 1 amide bonds. The number of hydrogen-bond acceptors (Lipinski definition) is 3. The number of aromatic nitrogens is 2. The molecule has 1 aromatic heterocycles. The van der Waals surface area contributed by atoms with Crippen LogP contribution in [0.3, 0.4) is 0 Å². The number of likely N-dealkylation sites (tertiary alicyclic amines) is 2. The maximum atomic E-state index is 12.3. The average Bonchev–Trinajstić information content (AvgIpc) is 3.14. The van der Waals surface area contributed by atoms with Crippen LogP contribution in [0.2, 0.25) is 0 Å². The van der Waals surface area contributed by atoms with Crippen LogP contribution in [0.15, 0.2) is 19.0 Å². The predicted octanol–water partition coefficient (Wildman–Crippen LogP) is 2.45. The predicted molar refractivity (Wildman–Crippen MR) is 91.6 cm³/mol. The minimum Gasteiger partial charge on any atom is -0.342 e. The molecule has 3 heterocycles. The van der Waals surface area contributed by atoms with E-state index in [1.165, 1.54) is 18.4 Å². The molecule has 1 atom stereocenters. The largest absolute Gasteiger partial charge is 0.342 e. The Morgan fingerprint density at radius 1 is 1.39 bits per heavy atom. The molecule has 0 bridgehead atoms. The van der Waals surface area contributed by atoms with E-state index < -0.39 is 0 Å². The lowest BCUT2D eigenvalue weighted by Crippen LogP contribution is -2.48. The molecule has 0 saturated carbocycles. The van der Waals surface area contributed by atoms with E-state index in [1.54, 1.807) is 10.9 Å². The Hall–Kier alpha value is -1.62. The summed E-state index contributed by atoms with van der Waals surface area (Å²) < 4.78 is 1.75. The molecule has 23 heavy (non-hydrogen) atoms. The van der Waals surface area contributed by atoms with E-state index in [9.17, 15) is 4.79 Å². The second kappa shape index (κ2) is 6.48. The van der Waals surface area contributed by atoms with Gasteiger partial charge in [-0.15, -0.1) is 0 Å². The molecule has 5 nitrogen and oxygen atoms in total. The SMILES string of the molecule is C=Cn1cc(CN2CCC3(CCCN(C(=O)C(C)C)C3)C2)cn1. The van der Waals surface area contributed by atoms with E-state index in [1.807, 2.05) is 26.2 Å². The molecule has 0 aromatic carbocycles. The van der Waals surface area contributed by atoms with Crippen LogP contribution in [-0.4, -0.2) is 51.7 Å². The van der Waals surface area contributed by atoms with Gasteiger partial charge in [-0.05, 0) is 25.8 Å². The topological polar surface area (TPSA) is 41.4 Å². The number of piperidine rings is 1. The van der Waals surface area contributed by atoms with Crippen LogP contribution in [0, 0.1) is 11.3 Å². The zero-order valence-electron chi connectivity index (χ0n) is 14.4. The average molecular weight is 316 g/mol. The van der Waals surface area contributed by atoms with Gasteiger partial charge in [0, 0.05) is 55.5 Å². The van der Waals surface area contributed by atoms with E-state index in [2.05, 4.69) is 21.5 Å². The minimum absolute atomic E-state index is 0.104. The molecule has 126 valence electrons. The Morgan fingerprint density at radius 2 is 2.22 bits per heavy atom. The number of nitrogens with zero attached hydrogens (tertiary/aromatic N) is 4. The van der Waals surface area contributed by atoms with Crippen molar-refractivity contribution in [2.75, 3.05) is 26.2 Å². The van der Waals surface area contributed by atoms with E-state index >= 15 is 0 Å². The molecule has 1 unspecified atom stereocenters. The van der Waals surface area contributed by atoms with Crippen molar-refractivity contribution in [2.24, 2.45) is 11.3 Å². The third-order valence-corrected chi connectivity index (χ3v) is 5.23. The zero-order chi connectivity index (χ0) is 16.4. The van der Waals surface area contributed by atoms with Crippen molar-refractivity contribution >= 4 is 12.1 Å². The highest BCUT2D eigenvalue weighted by Crippen LogP contribution is 2.39. The van der Waals surface area contributed by atoms with Crippen molar-refractivity contribution < 1.29 is 4.79 Å². The summed E-state index contributed by atoms with van der Waals surface area (Å²) in [5.74, 6) is 0.419. The Kier molecular flexibility index (Phi) is 4.57. The second-order valence-corrected chi connectivity index (χ2v) is 7.49. The summed E-state index contributed by atoms with van der Waals surface area (Å²) in [6.45, 7) is 12.8. The normalized spacial score (nSPS) is 25.4. The molecule has 2 aliphatic rings. The van der Waals surface area contributed by atoms with Gasteiger partial charge in [0.2, 0.25) is 5.91 Å². The van der Waals surface area contributed by atoms with Gasteiger partial charge in [-0.2, -0.15) is 5.10 Å². The van der Waals surface area contributed by atoms with Crippen LogP contribution in [0.1, 0.15) is 38.7 Å². The van der Waals surface area contributed by atoms with Crippen molar-refractivity contribution in [1.82, 2.24) is 19.6 Å². The molecule has 1 aromatic rings. The fraction of sp³-hybridized carbons (Fsp3) is 0.667. The first-order valence-electron chi connectivity index (χ1n) is 8.68. The van der Waals surface area contributed by atoms with E-state index in [4.69, 9.17) is 0 Å². The number of carbonyl (C=O) groups is 1. The molecule has 2 saturated heterocycles. The van der Waals surface area contributed by atoms with Gasteiger partial charge in [-0.25, -0.2) is 4.68 Å². The van der Waals surface area contributed by atoms with Gasteiger partial charge in [-0.1, -0.05) is 20.4 Å². The monoisotopic (exact) mass is 316 g/mol. The van der Waals surface area contributed by atoms with Crippen LogP contribution in [0.25, 0.3) is 6.20 Å². The second-order valence-electron chi connectivity index (χ2n) is 7.49. The van der Waals surface area contributed by atoms with Gasteiger partial charge in [0.25, 0.3) is 0 Å². The first-order chi connectivity index (χ1) is 11.0. The fourth-order valence-electron chi connectivity index (χ4n) is 4.07. The first kappa shape index (κ1) is 16.2. The third kappa shape index (κ3) is 3.50. The van der Waals surface area contributed by atoms with Crippen LogP contribution >= 0.6 is 0 Å². The Labute approximate surface area is 138 Å². The number of carbonyl (C=O) groups excluding carboxylic acids is 1. The van der Waals surface area contributed by atoms with Crippen molar-refractivity contribution in [3.05, 3.63) is 24.5 Å². The van der Waals surface area contributed by atoms with Crippen LogP contribution < -0.4 is 0 Å². The fourth-order valence-corrected chi connectivity index (χ4v) is 4.07. The van der Waals surface area contributed by atoms with Gasteiger partial charge in [0.1, 0.15) is 0 Å². The summed E-state index contributed by atoms with van der Waals surface area (Å²) >= 11 is 0. The van der Waals surface area contributed by atoms with Crippen molar-refractivity contribution in [2.45, 2.75) is 39.7 Å². The highest BCUT2D eigenvalue weighted by Gasteiger charge is 2.42. The number of rotatable bonds is 4. The molecule has 1 spiro atoms. The Bertz CT molecular complexity index is 579. The van der Waals surface area contributed by atoms with Gasteiger partial charge in [-0.3, -0.25) is 9.69 Å². The lowest BCUT2D eigenvalue weighted by atomic mass is 9.79. The first-order valence-corrected chi connectivity index (χ1v) is 8.68. The van der Waals surface area contributed by atoms with Gasteiger partial charge in [0.15, 0.2) is 0 Å². The summed E-state index contributed by atoms with van der Waals surface area (Å²) in [5, 5.41) is 4.25. The Morgan fingerprint density at radius 3 is 2.91 bits per heavy atom. The highest BCUT2D eigenvalue weighted by molar-refractivity contribution is 5.78. The van der Waals surface area contributed by atoms with Crippen molar-refractivity contribution in [3.63, 3.8) is 0 Å². The lowest BCUT2D eigenvalue weighted by Gasteiger charge is -2.41. The molecular formula is C18H28N4O. The highest BCUT2D eigenvalue weighted by atomic mass is 16.2. The summed E-state index contributed by atoms with van der Waals surface area (Å²) in [4.78, 5) is 17.0. The van der Waals surface area contributed by atoms with E-state index in [0.29, 0.717) is 11.3 Å². The molecule has 2 aliphatic heterocycles. The molecule has 0 radical (unpaired) electrons. The minimum atomic E-state index is 0.104. The summed E-state index contributed by atoms with van der Waals surface area (Å²) in [6, 6.07) is 0. The van der Waals surface area contributed by atoms with E-state index in [-0.39, 0.29) is 5.92 Å². The van der Waals surface area contributed by atoms with Gasteiger partial charge >= 0.3 is 0 Å². The molecule has 5 heteroatoms. The third-order valence-electron chi connectivity index (χ3n) is 5.23. The molecule has 0 N–H and O–H groups in total. The Balaban J connectivity index is 1.61. The summed E-state index contributed by atoms with van der Waals surface area (Å²) in [7, 11) is 0. The smallest absolute Gasteiger partial charge is 0.225 e.